The lowest BCUT2D eigenvalue weighted by Gasteiger charge is -2.33. The number of carbonyl (C=O) groups is 2. The number of halogens is 2. The summed E-state index contributed by atoms with van der Waals surface area (Å²) in [6, 6.07) is 14.3. The smallest absolute Gasteiger partial charge is 0.258 e. The van der Waals surface area contributed by atoms with Crippen molar-refractivity contribution in [1.29, 1.82) is 0 Å². The van der Waals surface area contributed by atoms with Crippen LogP contribution in [0.3, 0.4) is 0 Å². The molecule has 2 N–H and O–H groups in total. The van der Waals surface area contributed by atoms with Crippen LogP contribution in [0.2, 0.25) is 5.02 Å². The number of amides is 2. The molecular formula is C26H26BrClN2O2S. The number of anilines is 2. The van der Waals surface area contributed by atoms with Crippen molar-refractivity contribution in [3.05, 3.63) is 79.6 Å². The van der Waals surface area contributed by atoms with Crippen LogP contribution < -0.4 is 10.6 Å². The average Bonchev–Trinajstić information content (AvgIpc) is 3.10. The Morgan fingerprint density at radius 1 is 1.06 bits per heavy atom. The molecule has 7 heteroatoms. The van der Waals surface area contributed by atoms with Crippen LogP contribution in [-0.2, 0) is 12.8 Å². The topological polar surface area (TPSA) is 58.2 Å². The van der Waals surface area contributed by atoms with Crippen LogP contribution in [0.1, 0.15) is 58.3 Å². The molecule has 1 heterocycles. The van der Waals surface area contributed by atoms with E-state index in [9.17, 15) is 9.59 Å². The van der Waals surface area contributed by atoms with Crippen molar-refractivity contribution >= 4 is 61.4 Å². The van der Waals surface area contributed by atoms with Crippen LogP contribution in [0.15, 0.2) is 53.0 Å². The van der Waals surface area contributed by atoms with E-state index in [-0.39, 0.29) is 17.2 Å². The van der Waals surface area contributed by atoms with E-state index in [4.69, 9.17) is 11.6 Å². The highest BCUT2D eigenvalue weighted by Gasteiger charge is 2.34. The van der Waals surface area contributed by atoms with Crippen molar-refractivity contribution in [2.24, 2.45) is 11.3 Å². The molecule has 3 aromatic rings. The highest BCUT2D eigenvalue weighted by atomic mass is 79.9. The summed E-state index contributed by atoms with van der Waals surface area (Å²) in [5, 5.41) is 7.13. The van der Waals surface area contributed by atoms with Crippen LogP contribution in [0.25, 0.3) is 0 Å². The first-order valence-electron chi connectivity index (χ1n) is 10.9. The van der Waals surface area contributed by atoms with E-state index < -0.39 is 0 Å². The monoisotopic (exact) mass is 544 g/mol. The van der Waals surface area contributed by atoms with Crippen LogP contribution >= 0.6 is 38.9 Å². The van der Waals surface area contributed by atoms with Crippen LogP contribution in [-0.4, -0.2) is 11.8 Å². The van der Waals surface area contributed by atoms with Crippen molar-refractivity contribution in [3.8, 4) is 0 Å². The zero-order valence-electron chi connectivity index (χ0n) is 18.8. The van der Waals surface area contributed by atoms with E-state index in [0.29, 0.717) is 32.8 Å². The van der Waals surface area contributed by atoms with E-state index in [1.165, 1.54) is 16.2 Å². The highest BCUT2D eigenvalue weighted by Crippen LogP contribution is 2.44. The summed E-state index contributed by atoms with van der Waals surface area (Å²) >= 11 is 11.0. The zero-order valence-corrected chi connectivity index (χ0v) is 22.0. The molecule has 1 unspecified atom stereocenters. The molecule has 0 radical (unpaired) electrons. The maximum absolute atomic E-state index is 13.4. The van der Waals surface area contributed by atoms with Gasteiger partial charge in [-0.25, -0.2) is 0 Å². The second kappa shape index (κ2) is 9.61. The third kappa shape index (κ3) is 5.51. The minimum Gasteiger partial charge on any atom is -0.322 e. The molecule has 172 valence electrons. The van der Waals surface area contributed by atoms with Gasteiger partial charge in [-0.3, -0.25) is 9.59 Å². The third-order valence-electron chi connectivity index (χ3n) is 6.13. The number of fused-ring (bicyclic) bond motifs is 1. The first kappa shape index (κ1) is 24.0. The number of hydrogen-bond donors (Lipinski definition) is 2. The van der Waals surface area contributed by atoms with Crippen LogP contribution in [0, 0.1) is 11.3 Å². The lowest BCUT2D eigenvalue weighted by atomic mass is 9.72. The van der Waals surface area contributed by atoms with Gasteiger partial charge in [0.25, 0.3) is 11.8 Å². The Morgan fingerprint density at radius 3 is 2.45 bits per heavy atom. The Kier molecular flexibility index (Phi) is 6.99. The lowest BCUT2D eigenvalue weighted by molar-refractivity contribution is 0.102. The molecule has 4 nitrogen and oxygen atoms in total. The number of carbonyl (C=O) groups excluding carboxylic acids is 2. The van der Waals surface area contributed by atoms with Crippen molar-refractivity contribution in [2.45, 2.75) is 40.0 Å². The second-order valence-corrected chi connectivity index (χ2v) is 11.9. The molecular weight excluding hydrogens is 520 g/mol. The summed E-state index contributed by atoms with van der Waals surface area (Å²) in [7, 11) is 0. The molecule has 2 aromatic carbocycles. The fraction of sp³-hybridized carbons (Fsp3) is 0.308. The maximum atomic E-state index is 13.4. The van der Waals surface area contributed by atoms with E-state index >= 15 is 0 Å². The van der Waals surface area contributed by atoms with Gasteiger partial charge in [-0.1, -0.05) is 54.4 Å². The fourth-order valence-corrected chi connectivity index (χ4v) is 5.96. The van der Waals surface area contributed by atoms with Gasteiger partial charge >= 0.3 is 0 Å². The second-order valence-electron chi connectivity index (χ2n) is 9.44. The van der Waals surface area contributed by atoms with Crippen molar-refractivity contribution in [1.82, 2.24) is 0 Å². The largest absolute Gasteiger partial charge is 0.322 e. The van der Waals surface area contributed by atoms with Gasteiger partial charge in [-0.05, 0) is 78.6 Å². The molecule has 4 rings (SSSR count). The van der Waals surface area contributed by atoms with Gasteiger partial charge in [0.2, 0.25) is 0 Å². The first-order chi connectivity index (χ1) is 15.6. The van der Waals surface area contributed by atoms with Gasteiger partial charge in [0.1, 0.15) is 5.00 Å². The predicted molar refractivity (Wildman–Crippen MR) is 141 cm³/mol. The minimum atomic E-state index is -0.231. The number of thiophene rings is 1. The van der Waals surface area contributed by atoms with E-state index in [1.54, 1.807) is 36.4 Å². The van der Waals surface area contributed by atoms with Crippen molar-refractivity contribution in [2.75, 3.05) is 10.6 Å². The quantitative estimate of drug-likeness (QED) is 0.351. The summed E-state index contributed by atoms with van der Waals surface area (Å²) in [5.41, 5.74) is 2.96. The molecule has 2 amide bonds. The lowest BCUT2D eigenvalue weighted by Crippen LogP contribution is -2.27. The van der Waals surface area contributed by atoms with Gasteiger partial charge < -0.3 is 10.6 Å². The molecule has 1 aliphatic carbocycles. The Balaban J connectivity index is 1.68. The van der Waals surface area contributed by atoms with Gasteiger partial charge in [-0.2, -0.15) is 0 Å². The molecule has 1 aliphatic rings. The average molecular weight is 546 g/mol. The minimum absolute atomic E-state index is 0.186. The molecule has 0 saturated heterocycles. The predicted octanol–water partition coefficient (Wildman–Crippen LogP) is 7.82. The maximum Gasteiger partial charge on any atom is 0.258 e. The van der Waals surface area contributed by atoms with Gasteiger partial charge in [0.15, 0.2) is 0 Å². The number of hydrogen-bond acceptors (Lipinski definition) is 3. The summed E-state index contributed by atoms with van der Waals surface area (Å²) in [6.07, 6.45) is 2.75. The van der Waals surface area contributed by atoms with Crippen molar-refractivity contribution in [3.63, 3.8) is 0 Å². The number of rotatable bonds is 4. The van der Waals surface area contributed by atoms with Gasteiger partial charge in [0.05, 0.1) is 5.56 Å². The third-order valence-corrected chi connectivity index (χ3v) is 8.07. The Morgan fingerprint density at radius 2 is 1.79 bits per heavy atom. The normalized spacial score (nSPS) is 15.6. The summed E-state index contributed by atoms with van der Waals surface area (Å²) in [4.78, 5) is 27.6. The molecule has 0 fully saturated rings. The van der Waals surface area contributed by atoms with E-state index in [0.717, 1.165) is 29.3 Å². The van der Waals surface area contributed by atoms with Crippen LogP contribution in [0.5, 0.6) is 0 Å². The van der Waals surface area contributed by atoms with Gasteiger partial charge in [0, 0.05) is 25.6 Å². The summed E-state index contributed by atoms with van der Waals surface area (Å²) in [6.45, 7) is 6.79. The highest BCUT2D eigenvalue weighted by molar-refractivity contribution is 9.10. The molecule has 1 atom stereocenters. The molecule has 33 heavy (non-hydrogen) atoms. The summed E-state index contributed by atoms with van der Waals surface area (Å²) in [5.74, 6) is 0.0721. The standard InChI is InChI=1S/C26H26BrClN2O2S/c1-26(2,3)16-9-12-20-21(13-16)33-25(30-23(31)15-7-10-17(27)11-8-15)22(20)24(32)29-19-6-4-5-18(28)14-19/h4-8,10-11,14,16H,9,12-13H2,1-3H3,(H,29,32)(H,30,31). The molecule has 0 spiro atoms. The molecule has 0 saturated carbocycles. The van der Waals surface area contributed by atoms with E-state index in [2.05, 4.69) is 47.3 Å². The SMILES string of the molecule is CC(C)(C)C1CCc2c(sc(NC(=O)c3ccc(Br)cc3)c2C(=O)Nc2cccc(Cl)c2)C1. The molecule has 0 aliphatic heterocycles. The first-order valence-corrected chi connectivity index (χ1v) is 12.9. The number of benzene rings is 2. The van der Waals surface area contributed by atoms with Crippen molar-refractivity contribution < 1.29 is 9.59 Å². The fourth-order valence-electron chi connectivity index (χ4n) is 4.19. The molecule has 1 aromatic heterocycles. The zero-order chi connectivity index (χ0) is 23.8. The molecule has 0 bridgehead atoms. The summed E-state index contributed by atoms with van der Waals surface area (Å²) < 4.78 is 0.903. The Bertz CT molecular complexity index is 1200. The van der Waals surface area contributed by atoms with E-state index in [1.807, 2.05) is 12.1 Å². The van der Waals surface area contributed by atoms with Gasteiger partial charge in [-0.15, -0.1) is 11.3 Å². The number of nitrogens with one attached hydrogen (secondary N) is 2. The van der Waals surface area contributed by atoms with Crippen LogP contribution in [0.4, 0.5) is 10.7 Å². The Labute approximate surface area is 211 Å². The Hall–Kier alpha value is -2.15.